The number of benzene rings is 3. The lowest BCUT2D eigenvalue weighted by Gasteiger charge is -2.35. The first-order valence-electron chi connectivity index (χ1n) is 9.81. The monoisotopic (exact) mass is 384 g/mol. The lowest BCUT2D eigenvalue weighted by atomic mass is 9.96. The summed E-state index contributed by atoms with van der Waals surface area (Å²) in [5, 5.41) is 8.85. The number of halogens is 1. The van der Waals surface area contributed by atoms with Gasteiger partial charge in [-0.2, -0.15) is 0 Å². The zero-order valence-corrected chi connectivity index (χ0v) is 15.9. The van der Waals surface area contributed by atoms with Gasteiger partial charge in [0.1, 0.15) is 11.6 Å². The molecule has 1 aliphatic heterocycles. The quantitative estimate of drug-likeness (QED) is 0.512. The number of hydrogen-bond donors (Lipinski definition) is 0. The Hall–Kier alpha value is -3.31. The van der Waals surface area contributed by atoms with Gasteiger partial charge in [0.2, 0.25) is 0 Å². The van der Waals surface area contributed by atoms with E-state index in [-0.39, 0.29) is 11.9 Å². The molecule has 0 unspecified atom stereocenters. The molecule has 0 amide bonds. The fourth-order valence-electron chi connectivity index (χ4n) is 4.09. The van der Waals surface area contributed by atoms with Crippen molar-refractivity contribution < 1.29 is 4.39 Å². The van der Waals surface area contributed by atoms with Crippen molar-refractivity contribution >= 4 is 0 Å². The Kier molecular flexibility index (Phi) is 4.66. The van der Waals surface area contributed by atoms with Crippen molar-refractivity contribution in [2.24, 2.45) is 0 Å². The lowest BCUT2D eigenvalue weighted by Crippen LogP contribution is -2.37. The van der Waals surface area contributed by atoms with Crippen LogP contribution in [0.15, 0.2) is 84.9 Å². The van der Waals surface area contributed by atoms with Gasteiger partial charge in [-0.25, -0.2) is 4.39 Å². The molecular weight excluding hydrogens is 363 g/mol. The molecule has 0 aliphatic carbocycles. The van der Waals surface area contributed by atoms with Crippen molar-refractivity contribution in [2.75, 3.05) is 6.54 Å². The van der Waals surface area contributed by atoms with Crippen molar-refractivity contribution in [3.63, 3.8) is 0 Å². The molecule has 1 aliphatic rings. The van der Waals surface area contributed by atoms with E-state index in [0.717, 1.165) is 30.3 Å². The van der Waals surface area contributed by atoms with E-state index in [4.69, 9.17) is 0 Å². The van der Waals surface area contributed by atoms with E-state index in [0.29, 0.717) is 6.54 Å². The Labute approximate surface area is 169 Å². The van der Waals surface area contributed by atoms with Crippen molar-refractivity contribution in [3.05, 3.63) is 108 Å². The molecule has 0 saturated carbocycles. The van der Waals surface area contributed by atoms with E-state index in [9.17, 15) is 4.39 Å². The minimum atomic E-state index is -0.244. The summed E-state index contributed by atoms with van der Waals surface area (Å²) in [6.45, 7) is 2.39. The molecule has 1 aromatic heterocycles. The number of fused-ring (bicyclic) bond motifs is 1. The Bertz CT molecular complexity index is 1050. The molecule has 0 bridgehead atoms. The van der Waals surface area contributed by atoms with Crippen molar-refractivity contribution in [2.45, 2.75) is 19.1 Å². The lowest BCUT2D eigenvalue weighted by molar-refractivity contribution is 0.176. The second kappa shape index (κ2) is 7.60. The van der Waals surface area contributed by atoms with Crippen molar-refractivity contribution in [3.8, 4) is 11.4 Å². The molecule has 0 fully saturated rings. The fourth-order valence-corrected chi connectivity index (χ4v) is 4.09. The maximum Gasteiger partial charge on any atom is 0.164 e. The van der Waals surface area contributed by atoms with Crippen molar-refractivity contribution in [1.82, 2.24) is 19.7 Å². The van der Waals surface area contributed by atoms with Gasteiger partial charge in [-0.1, -0.05) is 60.7 Å². The highest BCUT2D eigenvalue weighted by Crippen LogP contribution is 2.32. The predicted octanol–water partition coefficient (Wildman–Crippen LogP) is 4.69. The van der Waals surface area contributed by atoms with Crippen LogP contribution in [0.2, 0.25) is 0 Å². The van der Waals surface area contributed by atoms with E-state index in [1.807, 2.05) is 12.1 Å². The average molecular weight is 384 g/mol. The fraction of sp³-hybridized carbons (Fsp3) is 0.167. The summed E-state index contributed by atoms with van der Waals surface area (Å²) in [7, 11) is 0. The molecule has 0 spiro atoms. The van der Waals surface area contributed by atoms with Crippen LogP contribution in [-0.2, 0) is 13.1 Å². The largest absolute Gasteiger partial charge is 0.309 e. The van der Waals surface area contributed by atoms with Crippen LogP contribution in [-0.4, -0.2) is 26.2 Å². The zero-order chi connectivity index (χ0) is 19.6. The molecule has 0 atom stereocenters. The molecule has 3 aromatic carbocycles. The highest BCUT2D eigenvalue weighted by atomic mass is 19.1. The number of aromatic nitrogens is 3. The maximum absolute atomic E-state index is 13.3. The molecule has 0 saturated heterocycles. The molecule has 0 N–H and O–H groups in total. The van der Waals surface area contributed by atoms with Gasteiger partial charge in [-0.3, -0.25) is 4.90 Å². The number of hydrogen-bond acceptors (Lipinski definition) is 3. The molecule has 4 aromatic rings. The Morgan fingerprint density at radius 2 is 1.34 bits per heavy atom. The molecule has 5 rings (SSSR count). The van der Waals surface area contributed by atoms with Gasteiger partial charge < -0.3 is 4.57 Å². The van der Waals surface area contributed by atoms with Gasteiger partial charge in [0.05, 0.1) is 12.6 Å². The summed E-state index contributed by atoms with van der Waals surface area (Å²) in [6, 6.07) is 27.8. The van der Waals surface area contributed by atoms with Gasteiger partial charge in [0.15, 0.2) is 5.82 Å². The van der Waals surface area contributed by atoms with Gasteiger partial charge in [0.25, 0.3) is 0 Å². The van der Waals surface area contributed by atoms with Crippen molar-refractivity contribution in [1.29, 1.82) is 0 Å². The Morgan fingerprint density at radius 1 is 0.724 bits per heavy atom. The minimum absolute atomic E-state index is 0.164. The second-order valence-corrected chi connectivity index (χ2v) is 7.29. The number of rotatable bonds is 4. The summed E-state index contributed by atoms with van der Waals surface area (Å²) < 4.78 is 15.4. The van der Waals surface area contributed by atoms with Crippen LogP contribution < -0.4 is 0 Å². The molecule has 29 heavy (non-hydrogen) atoms. The van der Waals surface area contributed by atoms with Gasteiger partial charge >= 0.3 is 0 Å². The Balaban J connectivity index is 1.48. The number of nitrogens with zero attached hydrogens (tertiary/aromatic N) is 4. The van der Waals surface area contributed by atoms with E-state index < -0.39 is 0 Å². The minimum Gasteiger partial charge on any atom is -0.309 e. The summed E-state index contributed by atoms with van der Waals surface area (Å²) >= 11 is 0. The average Bonchev–Trinajstić information content (AvgIpc) is 3.19. The molecule has 4 nitrogen and oxygen atoms in total. The van der Waals surface area contributed by atoms with E-state index >= 15 is 0 Å². The summed E-state index contributed by atoms with van der Waals surface area (Å²) in [5.41, 5.74) is 3.43. The molecule has 144 valence electrons. The van der Waals surface area contributed by atoms with Crippen LogP contribution >= 0.6 is 0 Å². The first kappa shape index (κ1) is 17.8. The standard InChI is InChI=1S/C24H21FN4/c25-21-13-11-20(12-14-21)24-27-26-22-17-28(15-16-29(22)24)23(18-7-3-1-4-8-18)19-9-5-2-6-10-19/h1-14,23H,15-17H2. The third kappa shape index (κ3) is 3.45. The third-order valence-electron chi connectivity index (χ3n) is 5.48. The maximum atomic E-state index is 13.3. The summed E-state index contributed by atoms with van der Waals surface area (Å²) in [5.74, 6) is 1.50. The smallest absolute Gasteiger partial charge is 0.164 e. The summed E-state index contributed by atoms with van der Waals surface area (Å²) in [6.07, 6.45) is 0. The van der Waals surface area contributed by atoms with Gasteiger partial charge in [-0.15, -0.1) is 10.2 Å². The van der Waals surface area contributed by atoms with Crippen LogP contribution in [0, 0.1) is 5.82 Å². The van der Waals surface area contributed by atoms with E-state index in [2.05, 4.69) is 68.2 Å². The summed E-state index contributed by atoms with van der Waals surface area (Å²) in [4.78, 5) is 2.45. The molecule has 0 radical (unpaired) electrons. The normalized spacial score (nSPS) is 14.1. The van der Waals surface area contributed by atoms with E-state index in [1.54, 1.807) is 12.1 Å². The highest BCUT2D eigenvalue weighted by molar-refractivity contribution is 5.55. The topological polar surface area (TPSA) is 34.0 Å². The van der Waals surface area contributed by atoms with Crippen LogP contribution in [0.4, 0.5) is 4.39 Å². The van der Waals surface area contributed by atoms with Crippen LogP contribution in [0.3, 0.4) is 0 Å². The highest BCUT2D eigenvalue weighted by Gasteiger charge is 2.28. The van der Waals surface area contributed by atoms with Gasteiger partial charge in [0, 0.05) is 18.7 Å². The van der Waals surface area contributed by atoms with Crippen LogP contribution in [0.5, 0.6) is 0 Å². The van der Waals surface area contributed by atoms with Gasteiger partial charge in [-0.05, 0) is 35.4 Å². The Morgan fingerprint density at radius 3 is 1.97 bits per heavy atom. The molecule has 5 heteroatoms. The first-order valence-corrected chi connectivity index (χ1v) is 9.81. The SMILES string of the molecule is Fc1ccc(-c2nnc3n2CCN(C(c2ccccc2)c2ccccc2)C3)cc1. The first-order chi connectivity index (χ1) is 14.3. The third-order valence-corrected chi connectivity index (χ3v) is 5.48. The van der Waals surface area contributed by atoms with Crippen LogP contribution in [0.1, 0.15) is 23.0 Å². The second-order valence-electron chi connectivity index (χ2n) is 7.29. The van der Waals surface area contributed by atoms with Crippen LogP contribution in [0.25, 0.3) is 11.4 Å². The predicted molar refractivity (Wildman–Crippen MR) is 111 cm³/mol. The molecular formula is C24H21FN4. The zero-order valence-electron chi connectivity index (χ0n) is 15.9. The molecule has 2 heterocycles. The van der Waals surface area contributed by atoms with E-state index in [1.165, 1.54) is 23.3 Å².